The molecule has 0 saturated heterocycles. The first kappa shape index (κ1) is 11.8. The van der Waals surface area contributed by atoms with E-state index in [9.17, 15) is 14.4 Å². The molecular formula is C10H10N4O4. The molecule has 0 aliphatic rings. The maximum absolute atomic E-state index is 11.8. The number of carbonyl (C=O) groups is 2. The Kier molecular flexibility index (Phi) is 2.84. The number of hydrogen-bond acceptors (Lipinski definition) is 5. The van der Waals surface area contributed by atoms with Crippen LogP contribution in [0.3, 0.4) is 0 Å². The third-order valence-corrected chi connectivity index (χ3v) is 2.32. The highest BCUT2D eigenvalue weighted by Gasteiger charge is 2.21. The molecule has 0 atom stereocenters. The number of nitrogens with two attached hydrogens (primary N) is 1. The summed E-state index contributed by atoms with van der Waals surface area (Å²) < 4.78 is 5.20. The number of aromatic nitrogens is 2. The Bertz CT molecular complexity index is 685. The second-order valence-corrected chi connectivity index (χ2v) is 3.59. The lowest BCUT2D eigenvalue weighted by Crippen LogP contribution is -2.33. The van der Waals surface area contributed by atoms with Crippen LogP contribution in [0, 0.1) is 6.92 Å². The maximum Gasteiger partial charge on any atom is 0.262 e. The number of carbonyl (C=O) groups excluding carboxylic acids is 2. The highest BCUT2D eigenvalue weighted by atomic mass is 16.3. The van der Waals surface area contributed by atoms with Crippen molar-refractivity contribution in [3.05, 3.63) is 28.0 Å². The average molecular weight is 250 g/mol. The van der Waals surface area contributed by atoms with E-state index in [2.05, 4.69) is 15.3 Å². The molecule has 0 bridgehead atoms. The number of H-pyrrole nitrogens is 1. The van der Waals surface area contributed by atoms with Gasteiger partial charge in [0, 0.05) is 0 Å². The van der Waals surface area contributed by atoms with Crippen molar-refractivity contribution in [1.29, 1.82) is 0 Å². The van der Waals surface area contributed by atoms with Gasteiger partial charge in [-0.05, 0) is 6.92 Å². The van der Waals surface area contributed by atoms with Crippen LogP contribution in [-0.4, -0.2) is 28.3 Å². The monoisotopic (exact) mass is 250 g/mol. The molecule has 18 heavy (non-hydrogen) atoms. The van der Waals surface area contributed by atoms with Crippen molar-refractivity contribution in [3.63, 3.8) is 0 Å². The molecule has 8 nitrogen and oxygen atoms in total. The van der Waals surface area contributed by atoms with E-state index >= 15 is 0 Å². The van der Waals surface area contributed by atoms with Crippen LogP contribution in [-0.2, 0) is 4.79 Å². The second kappa shape index (κ2) is 4.32. The third kappa shape index (κ3) is 1.95. The summed E-state index contributed by atoms with van der Waals surface area (Å²) >= 11 is 0. The van der Waals surface area contributed by atoms with Gasteiger partial charge < -0.3 is 20.5 Å². The minimum Gasteiger partial charge on any atom is -0.442 e. The summed E-state index contributed by atoms with van der Waals surface area (Å²) in [4.78, 5) is 40.2. The van der Waals surface area contributed by atoms with Crippen molar-refractivity contribution < 1.29 is 14.0 Å². The Morgan fingerprint density at radius 2 is 2.28 bits per heavy atom. The molecule has 0 fully saturated rings. The van der Waals surface area contributed by atoms with Gasteiger partial charge in [0.25, 0.3) is 11.5 Å². The lowest BCUT2D eigenvalue weighted by Gasteiger charge is -2.00. The van der Waals surface area contributed by atoms with Crippen LogP contribution in [0.4, 0.5) is 0 Å². The van der Waals surface area contributed by atoms with E-state index in [1.54, 1.807) is 0 Å². The first-order chi connectivity index (χ1) is 8.50. The molecule has 8 heteroatoms. The van der Waals surface area contributed by atoms with Crippen molar-refractivity contribution >= 4 is 22.9 Å². The first-order valence-electron chi connectivity index (χ1n) is 5.04. The number of amides is 2. The van der Waals surface area contributed by atoms with Crippen LogP contribution < -0.4 is 16.6 Å². The molecule has 0 unspecified atom stereocenters. The van der Waals surface area contributed by atoms with Crippen LogP contribution in [0.15, 0.2) is 15.5 Å². The van der Waals surface area contributed by atoms with Crippen LogP contribution in [0.2, 0.25) is 0 Å². The number of fused-ring (bicyclic) bond motifs is 1. The minimum absolute atomic E-state index is 0.0528. The summed E-state index contributed by atoms with van der Waals surface area (Å²) in [7, 11) is 0. The number of nitrogens with zero attached hydrogens (tertiary/aromatic N) is 1. The number of furan rings is 1. The molecular weight excluding hydrogens is 240 g/mol. The normalized spacial score (nSPS) is 10.5. The third-order valence-electron chi connectivity index (χ3n) is 2.32. The zero-order valence-electron chi connectivity index (χ0n) is 9.44. The summed E-state index contributed by atoms with van der Waals surface area (Å²) in [5, 5.41) is 2.34. The van der Waals surface area contributed by atoms with E-state index in [0.717, 1.165) is 0 Å². The van der Waals surface area contributed by atoms with Crippen molar-refractivity contribution in [2.45, 2.75) is 6.92 Å². The molecule has 94 valence electrons. The molecule has 2 aromatic heterocycles. The molecule has 0 saturated carbocycles. The van der Waals surface area contributed by atoms with Gasteiger partial charge >= 0.3 is 0 Å². The molecule has 0 aliphatic heterocycles. The van der Waals surface area contributed by atoms with Gasteiger partial charge in [0.2, 0.25) is 11.6 Å². The fourth-order valence-electron chi connectivity index (χ4n) is 1.58. The van der Waals surface area contributed by atoms with E-state index in [1.165, 1.54) is 13.3 Å². The lowest BCUT2D eigenvalue weighted by molar-refractivity contribution is -0.117. The standard InChI is InChI=1S/C10H10N4O4/c1-4-6(8(16)12-2-5(11)15)7-9(17)13-3-14-10(7)18-4/h3H,2H2,1H3,(H2,11,15)(H,12,16)(H,13,14,17). The van der Waals surface area contributed by atoms with Gasteiger partial charge in [-0.1, -0.05) is 0 Å². The Morgan fingerprint density at radius 1 is 1.56 bits per heavy atom. The maximum atomic E-state index is 11.8. The average Bonchev–Trinajstić information content (AvgIpc) is 2.63. The van der Waals surface area contributed by atoms with Crippen molar-refractivity contribution in [2.75, 3.05) is 6.54 Å². The highest BCUT2D eigenvalue weighted by molar-refractivity contribution is 6.06. The van der Waals surface area contributed by atoms with Crippen molar-refractivity contribution in [3.8, 4) is 0 Å². The van der Waals surface area contributed by atoms with E-state index in [4.69, 9.17) is 10.2 Å². The number of rotatable bonds is 3. The Hall–Kier alpha value is -2.64. The van der Waals surface area contributed by atoms with Gasteiger partial charge in [0.15, 0.2) is 0 Å². The smallest absolute Gasteiger partial charge is 0.262 e. The molecule has 0 spiro atoms. The van der Waals surface area contributed by atoms with Gasteiger partial charge in [-0.2, -0.15) is 0 Å². The predicted octanol–water partition coefficient (Wildman–Crippen LogP) is -0.960. The van der Waals surface area contributed by atoms with Crippen LogP contribution in [0.1, 0.15) is 16.1 Å². The molecule has 0 aliphatic carbocycles. The van der Waals surface area contributed by atoms with Gasteiger partial charge in [-0.3, -0.25) is 14.4 Å². The van der Waals surface area contributed by atoms with Gasteiger partial charge in [-0.25, -0.2) is 4.98 Å². The quantitative estimate of drug-likeness (QED) is 0.645. The molecule has 2 aromatic rings. The largest absolute Gasteiger partial charge is 0.442 e. The molecule has 2 amide bonds. The number of hydrogen-bond donors (Lipinski definition) is 3. The first-order valence-corrected chi connectivity index (χ1v) is 5.04. The highest BCUT2D eigenvalue weighted by Crippen LogP contribution is 2.19. The van der Waals surface area contributed by atoms with Gasteiger partial charge in [-0.15, -0.1) is 0 Å². The van der Waals surface area contributed by atoms with E-state index in [1.807, 2.05) is 0 Å². The van der Waals surface area contributed by atoms with Crippen LogP contribution >= 0.6 is 0 Å². The summed E-state index contributed by atoms with van der Waals surface area (Å²) in [6.45, 7) is 1.21. The van der Waals surface area contributed by atoms with E-state index in [-0.39, 0.29) is 29.0 Å². The fraction of sp³-hybridized carbons (Fsp3) is 0.200. The summed E-state index contributed by atoms with van der Waals surface area (Å²) in [6, 6.07) is 0. The van der Waals surface area contributed by atoms with Crippen LogP contribution in [0.25, 0.3) is 11.1 Å². The zero-order chi connectivity index (χ0) is 13.3. The summed E-state index contributed by atoms with van der Waals surface area (Å²) in [6.07, 6.45) is 1.18. The molecule has 0 aromatic carbocycles. The minimum atomic E-state index is -0.680. The number of primary amides is 1. The Morgan fingerprint density at radius 3 is 2.94 bits per heavy atom. The predicted molar refractivity (Wildman–Crippen MR) is 60.9 cm³/mol. The fourth-order valence-corrected chi connectivity index (χ4v) is 1.58. The van der Waals surface area contributed by atoms with Crippen molar-refractivity contribution in [1.82, 2.24) is 15.3 Å². The van der Waals surface area contributed by atoms with E-state index in [0.29, 0.717) is 0 Å². The molecule has 0 radical (unpaired) electrons. The Balaban J connectivity index is 2.50. The number of aromatic amines is 1. The van der Waals surface area contributed by atoms with Crippen molar-refractivity contribution in [2.24, 2.45) is 5.73 Å². The lowest BCUT2D eigenvalue weighted by atomic mass is 10.2. The number of aryl methyl sites for hydroxylation is 1. The summed E-state index contributed by atoms with van der Waals surface area (Å²) in [5.74, 6) is -1.04. The number of nitrogens with one attached hydrogen (secondary N) is 2. The van der Waals surface area contributed by atoms with Gasteiger partial charge in [0.1, 0.15) is 11.1 Å². The second-order valence-electron chi connectivity index (χ2n) is 3.59. The zero-order valence-corrected chi connectivity index (χ0v) is 9.44. The van der Waals surface area contributed by atoms with E-state index < -0.39 is 17.4 Å². The molecule has 2 heterocycles. The topological polar surface area (TPSA) is 131 Å². The molecule has 4 N–H and O–H groups in total. The summed E-state index contributed by atoms with van der Waals surface area (Å²) in [5.41, 5.74) is 4.56. The Labute approximate surface area is 100 Å². The van der Waals surface area contributed by atoms with Crippen LogP contribution in [0.5, 0.6) is 0 Å². The van der Waals surface area contributed by atoms with Gasteiger partial charge in [0.05, 0.1) is 18.4 Å². The SMILES string of the molecule is Cc1oc2nc[nH]c(=O)c2c1C(=O)NCC(N)=O. The molecule has 2 rings (SSSR count).